The Bertz CT molecular complexity index is 1490. The normalized spacial score (nSPS) is 20.5. The van der Waals surface area contributed by atoms with Crippen LogP contribution in [0.5, 0.6) is 0 Å². The fraction of sp³-hybridized carbons (Fsp3) is 0.400. The summed E-state index contributed by atoms with van der Waals surface area (Å²) in [6.45, 7) is 0.289. The number of hydrogen-bond donors (Lipinski definition) is 6. The lowest BCUT2D eigenvalue weighted by molar-refractivity contribution is -0.172. The molecule has 7 atom stereocenters. The molecular weight excluding hydrogens is 606 g/mol. The zero-order chi connectivity index (χ0) is 33.3. The molecule has 47 heavy (non-hydrogen) atoms. The van der Waals surface area contributed by atoms with E-state index in [1.807, 2.05) is 24.3 Å². The molecule has 0 unspecified atom stereocenters. The first-order valence-electron chi connectivity index (χ1n) is 15.6. The largest absolute Gasteiger partial charge is 0.390 e. The Hall–Kier alpha value is -4.17. The van der Waals surface area contributed by atoms with Crippen LogP contribution in [-0.2, 0) is 48.2 Å². The molecule has 1 aliphatic heterocycles. The monoisotopic (exact) mass is 647 g/mol. The van der Waals surface area contributed by atoms with Crippen molar-refractivity contribution < 1.29 is 43.9 Å². The molecular formula is C35H41N3O9. The van der Waals surface area contributed by atoms with Gasteiger partial charge in [0.2, 0.25) is 5.91 Å². The van der Waals surface area contributed by atoms with E-state index in [2.05, 4.69) is 16.0 Å². The fourth-order valence-electron chi connectivity index (χ4n) is 5.76. The molecule has 3 amide bonds. The molecule has 1 aliphatic carbocycles. The number of carbonyl (C=O) groups excluding carboxylic acids is 3. The maximum absolute atomic E-state index is 13.8. The maximum Gasteiger partial charge on any atom is 0.252 e. The van der Waals surface area contributed by atoms with Gasteiger partial charge in [-0.25, -0.2) is 0 Å². The number of benzene rings is 3. The first-order valence-corrected chi connectivity index (χ1v) is 15.6. The summed E-state index contributed by atoms with van der Waals surface area (Å²) >= 11 is 0. The smallest absolute Gasteiger partial charge is 0.252 e. The number of fused-ring (bicyclic) bond motifs is 1. The van der Waals surface area contributed by atoms with Gasteiger partial charge in [-0.2, -0.15) is 0 Å². The van der Waals surface area contributed by atoms with E-state index in [4.69, 9.17) is 14.2 Å². The number of carbonyl (C=O) groups is 3. The summed E-state index contributed by atoms with van der Waals surface area (Å²) < 4.78 is 17.0. The number of likely N-dealkylation sites (N-methyl/N-ethyl adjacent to an activating group) is 1. The minimum absolute atomic E-state index is 0.103. The SMILES string of the molecule is CNC(=O)[C@@H](NC(=O)[C@H](OCc1ccccc1)[C@H](O)[C@@H](O)[C@@H](OCc1ccccc1)C(=O)N[C@H]1c2ccccc2C[C@H]1O)C1COC1. The van der Waals surface area contributed by atoms with Crippen molar-refractivity contribution in [3.63, 3.8) is 0 Å². The Morgan fingerprint density at radius 1 is 0.787 bits per heavy atom. The third kappa shape index (κ3) is 8.41. The van der Waals surface area contributed by atoms with Gasteiger partial charge in [0.1, 0.15) is 18.2 Å². The minimum atomic E-state index is -1.98. The van der Waals surface area contributed by atoms with Gasteiger partial charge < -0.3 is 45.5 Å². The predicted molar refractivity (Wildman–Crippen MR) is 169 cm³/mol. The van der Waals surface area contributed by atoms with Crippen molar-refractivity contribution in [3.05, 3.63) is 107 Å². The van der Waals surface area contributed by atoms with Crippen LogP contribution in [0, 0.1) is 5.92 Å². The summed E-state index contributed by atoms with van der Waals surface area (Å²) in [4.78, 5) is 40.2. The van der Waals surface area contributed by atoms with Gasteiger partial charge in [0.25, 0.3) is 11.8 Å². The first kappa shape index (κ1) is 34.2. The lowest BCUT2D eigenvalue weighted by atomic mass is 9.95. The van der Waals surface area contributed by atoms with Crippen LogP contribution < -0.4 is 16.0 Å². The van der Waals surface area contributed by atoms with E-state index in [-0.39, 0.29) is 32.3 Å². The van der Waals surface area contributed by atoms with Crippen LogP contribution in [0.15, 0.2) is 84.9 Å². The highest BCUT2D eigenvalue weighted by atomic mass is 16.5. The van der Waals surface area contributed by atoms with Crippen LogP contribution in [-0.4, -0.2) is 89.9 Å². The predicted octanol–water partition coefficient (Wildman–Crippen LogP) is 0.531. The van der Waals surface area contributed by atoms with Crippen LogP contribution in [0.2, 0.25) is 0 Å². The van der Waals surface area contributed by atoms with Gasteiger partial charge in [0.15, 0.2) is 12.2 Å². The van der Waals surface area contributed by atoms with Crippen molar-refractivity contribution in [1.29, 1.82) is 0 Å². The standard InChI is InChI=1S/C35H41N3O9/c1-36-33(42)27(24-19-45-20-24)37-34(43)31(46-17-21-10-4-2-5-11-21)29(40)30(41)32(47-18-22-12-6-3-7-13-22)35(44)38-28-25-15-9-8-14-23(25)16-26(28)39/h2-15,24,26-32,39-41H,16-20H2,1H3,(H,36,42)(H,37,43)(H,38,44)/t26-,27+,28+,29-,30-,31-,32-/m1/s1. The van der Waals surface area contributed by atoms with Crippen molar-refractivity contribution in [2.75, 3.05) is 20.3 Å². The third-order valence-electron chi connectivity index (χ3n) is 8.50. The van der Waals surface area contributed by atoms with Crippen molar-refractivity contribution in [1.82, 2.24) is 16.0 Å². The molecule has 0 radical (unpaired) electrons. The zero-order valence-electron chi connectivity index (χ0n) is 26.0. The molecule has 1 saturated heterocycles. The summed E-state index contributed by atoms with van der Waals surface area (Å²) in [5, 5.41) is 41.8. The number of nitrogens with one attached hydrogen (secondary N) is 3. The van der Waals surface area contributed by atoms with E-state index in [0.717, 1.165) is 11.1 Å². The summed E-state index contributed by atoms with van der Waals surface area (Å²) in [6, 6.07) is 23.4. The van der Waals surface area contributed by atoms with Crippen LogP contribution >= 0.6 is 0 Å². The fourth-order valence-corrected chi connectivity index (χ4v) is 5.76. The van der Waals surface area contributed by atoms with Crippen LogP contribution in [0.3, 0.4) is 0 Å². The first-order chi connectivity index (χ1) is 22.8. The molecule has 1 fully saturated rings. The van der Waals surface area contributed by atoms with E-state index < -0.39 is 60.3 Å². The van der Waals surface area contributed by atoms with Gasteiger partial charge in [-0.15, -0.1) is 0 Å². The Balaban J connectivity index is 1.39. The van der Waals surface area contributed by atoms with Crippen LogP contribution in [0.25, 0.3) is 0 Å². The number of aliphatic hydroxyl groups excluding tert-OH is 3. The molecule has 6 N–H and O–H groups in total. The van der Waals surface area contributed by atoms with E-state index in [1.54, 1.807) is 60.7 Å². The average Bonchev–Trinajstić information content (AvgIpc) is 3.38. The molecule has 0 spiro atoms. The van der Waals surface area contributed by atoms with Crippen molar-refractivity contribution in [3.8, 4) is 0 Å². The Kier molecular flexibility index (Phi) is 11.7. The van der Waals surface area contributed by atoms with Crippen molar-refractivity contribution in [2.45, 2.75) is 62.2 Å². The molecule has 3 aromatic rings. The van der Waals surface area contributed by atoms with Gasteiger partial charge in [-0.05, 0) is 22.3 Å². The van der Waals surface area contributed by atoms with Gasteiger partial charge >= 0.3 is 0 Å². The van der Waals surface area contributed by atoms with Gasteiger partial charge in [0, 0.05) is 19.4 Å². The molecule has 250 valence electrons. The second-order valence-electron chi connectivity index (χ2n) is 11.8. The second-order valence-corrected chi connectivity index (χ2v) is 11.8. The molecule has 0 aromatic heterocycles. The number of hydrogen-bond acceptors (Lipinski definition) is 9. The Morgan fingerprint density at radius 3 is 1.85 bits per heavy atom. The molecule has 1 heterocycles. The molecule has 12 heteroatoms. The second kappa shape index (κ2) is 16.1. The molecule has 0 bridgehead atoms. The lowest BCUT2D eigenvalue weighted by Crippen LogP contribution is -2.61. The minimum Gasteiger partial charge on any atom is -0.390 e. The topological polar surface area (TPSA) is 176 Å². The molecule has 0 saturated carbocycles. The number of aliphatic hydroxyl groups is 3. The molecule has 2 aliphatic rings. The van der Waals surface area contributed by atoms with E-state index in [9.17, 15) is 29.7 Å². The highest BCUT2D eigenvalue weighted by Crippen LogP contribution is 2.31. The highest BCUT2D eigenvalue weighted by molar-refractivity contribution is 5.90. The molecule has 12 nitrogen and oxygen atoms in total. The van der Waals surface area contributed by atoms with Crippen LogP contribution in [0.1, 0.15) is 28.3 Å². The summed E-state index contributed by atoms with van der Waals surface area (Å²) in [5.74, 6) is -2.42. The maximum atomic E-state index is 13.8. The van der Waals surface area contributed by atoms with Gasteiger partial charge in [-0.3, -0.25) is 14.4 Å². The van der Waals surface area contributed by atoms with Crippen LogP contribution in [0.4, 0.5) is 0 Å². The number of rotatable bonds is 15. The van der Waals surface area contributed by atoms with Crippen molar-refractivity contribution in [2.24, 2.45) is 5.92 Å². The summed E-state index contributed by atoms with van der Waals surface area (Å²) in [5.41, 5.74) is 2.99. The molecule has 3 aromatic carbocycles. The zero-order valence-corrected chi connectivity index (χ0v) is 26.0. The average molecular weight is 648 g/mol. The van der Waals surface area contributed by atoms with Crippen molar-refractivity contribution >= 4 is 17.7 Å². The molecule has 5 rings (SSSR count). The van der Waals surface area contributed by atoms with E-state index in [0.29, 0.717) is 17.5 Å². The number of amides is 3. The van der Waals surface area contributed by atoms with Gasteiger partial charge in [0.05, 0.1) is 38.6 Å². The Labute approximate surface area is 273 Å². The highest BCUT2D eigenvalue weighted by Gasteiger charge is 2.44. The van der Waals surface area contributed by atoms with Gasteiger partial charge in [-0.1, -0.05) is 84.9 Å². The number of ether oxygens (including phenoxy) is 3. The summed E-state index contributed by atoms with van der Waals surface area (Å²) in [6.07, 6.45) is -7.94. The Morgan fingerprint density at radius 2 is 1.32 bits per heavy atom. The lowest BCUT2D eigenvalue weighted by Gasteiger charge is -2.35. The quantitative estimate of drug-likeness (QED) is 0.137. The third-order valence-corrected chi connectivity index (χ3v) is 8.50. The van der Waals surface area contributed by atoms with E-state index >= 15 is 0 Å². The summed E-state index contributed by atoms with van der Waals surface area (Å²) in [7, 11) is 1.44. The van der Waals surface area contributed by atoms with E-state index in [1.165, 1.54) is 7.05 Å².